The van der Waals surface area contributed by atoms with Crippen LogP contribution in [0.1, 0.15) is 25.5 Å². The molecule has 0 fully saturated rings. The molecular formula is C10H14ClNS. The van der Waals surface area contributed by atoms with E-state index >= 15 is 0 Å². The van der Waals surface area contributed by atoms with E-state index in [1.807, 2.05) is 12.1 Å². The fraction of sp³-hybridized carbons (Fsp3) is 0.400. The highest BCUT2D eigenvalue weighted by atomic mass is 35.5. The molecule has 1 aromatic heterocycles. The molecule has 1 rings (SSSR count). The molecule has 2 atom stereocenters. The molecular weight excluding hydrogens is 202 g/mol. The molecule has 13 heavy (non-hydrogen) atoms. The van der Waals surface area contributed by atoms with Crippen LogP contribution in [-0.2, 0) is 0 Å². The molecule has 0 spiro atoms. The van der Waals surface area contributed by atoms with Crippen LogP contribution in [0, 0.1) is 0 Å². The van der Waals surface area contributed by atoms with Gasteiger partial charge in [0.2, 0.25) is 0 Å². The molecule has 0 radical (unpaired) electrons. The van der Waals surface area contributed by atoms with Crippen molar-refractivity contribution >= 4 is 22.9 Å². The summed E-state index contributed by atoms with van der Waals surface area (Å²) >= 11 is 7.41. The number of halogens is 1. The van der Waals surface area contributed by atoms with Gasteiger partial charge in [0.1, 0.15) is 0 Å². The lowest BCUT2D eigenvalue weighted by molar-refractivity contribution is 0.538. The third kappa shape index (κ3) is 3.14. The Morgan fingerprint density at radius 1 is 1.62 bits per heavy atom. The SMILES string of the molecule is C=CC(C)NC(C)c1csc(Cl)c1. The van der Waals surface area contributed by atoms with Gasteiger partial charge in [0, 0.05) is 12.1 Å². The number of hydrogen-bond acceptors (Lipinski definition) is 2. The van der Waals surface area contributed by atoms with Crippen LogP contribution in [0.5, 0.6) is 0 Å². The van der Waals surface area contributed by atoms with Crippen molar-refractivity contribution in [1.82, 2.24) is 5.32 Å². The molecule has 72 valence electrons. The molecule has 1 heterocycles. The average molecular weight is 216 g/mol. The van der Waals surface area contributed by atoms with Crippen LogP contribution in [0.3, 0.4) is 0 Å². The first kappa shape index (κ1) is 10.8. The van der Waals surface area contributed by atoms with Crippen molar-refractivity contribution in [2.75, 3.05) is 0 Å². The van der Waals surface area contributed by atoms with Crippen molar-refractivity contribution in [2.45, 2.75) is 25.9 Å². The van der Waals surface area contributed by atoms with Crippen LogP contribution in [0.15, 0.2) is 24.1 Å². The van der Waals surface area contributed by atoms with Crippen LogP contribution in [0.2, 0.25) is 4.34 Å². The van der Waals surface area contributed by atoms with E-state index in [4.69, 9.17) is 11.6 Å². The molecule has 3 heteroatoms. The second-order valence-corrected chi connectivity index (χ2v) is 4.64. The van der Waals surface area contributed by atoms with Gasteiger partial charge < -0.3 is 5.32 Å². The van der Waals surface area contributed by atoms with E-state index in [9.17, 15) is 0 Å². The Morgan fingerprint density at radius 3 is 2.77 bits per heavy atom. The smallest absolute Gasteiger partial charge is 0.0931 e. The van der Waals surface area contributed by atoms with Crippen LogP contribution in [0.4, 0.5) is 0 Å². The summed E-state index contributed by atoms with van der Waals surface area (Å²) < 4.78 is 0.843. The zero-order chi connectivity index (χ0) is 9.84. The van der Waals surface area contributed by atoms with Crippen LogP contribution in [-0.4, -0.2) is 6.04 Å². The van der Waals surface area contributed by atoms with Gasteiger partial charge in [0.05, 0.1) is 4.34 Å². The number of nitrogens with one attached hydrogen (secondary N) is 1. The summed E-state index contributed by atoms with van der Waals surface area (Å²) in [7, 11) is 0. The molecule has 0 aliphatic rings. The maximum absolute atomic E-state index is 5.85. The van der Waals surface area contributed by atoms with Crippen LogP contribution < -0.4 is 5.32 Å². The van der Waals surface area contributed by atoms with Gasteiger partial charge in [-0.1, -0.05) is 17.7 Å². The first-order valence-electron chi connectivity index (χ1n) is 4.26. The van der Waals surface area contributed by atoms with Crippen molar-refractivity contribution in [3.63, 3.8) is 0 Å². The minimum atomic E-state index is 0.327. The van der Waals surface area contributed by atoms with Crippen LogP contribution in [0.25, 0.3) is 0 Å². The highest BCUT2D eigenvalue weighted by Gasteiger charge is 2.08. The summed E-state index contributed by atoms with van der Waals surface area (Å²) in [5.74, 6) is 0. The molecule has 0 amide bonds. The Labute approximate surface area is 88.4 Å². The largest absolute Gasteiger partial charge is 0.304 e. The minimum absolute atomic E-state index is 0.327. The number of rotatable bonds is 4. The first-order valence-corrected chi connectivity index (χ1v) is 5.51. The molecule has 0 aromatic carbocycles. The van der Waals surface area contributed by atoms with Crippen molar-refractivity contribution < 1.29 is 0 Å². The average Bonchev–Trinajstić information content (AvgIpc) is 2.51. The predicted molar refractivity (Wildman–Crippen MR) is 60.5 cm³/mol. The number of thiophene rings is 1. The topological polar surface area (TPSA) is 12.0 Å². The normalized spacial score (nSPS) is 15.3. The molecule has 1 N–H and O–H groups in total. The molecule has 1 aromatic rings. The lowest BCUT2D eigenvalue weighted by atomic mass is 10.1. The summed E-state index contributed by atoms with van der Waals surface area (Å²) in [6, 6.07) is 2.66. The van der Waals surface area contributed by atoms with Gasteiger partial charge in [-0.3, -0.25) is 0 Å². The summed E-state index contributed by atoms with van der Waals surface area (Å²) in [4.78, 5) is 0. The van der Waals surface area contributed by atoms with Gasteiger partial charge in [0.15, 0.2) is 0 Å². The molecule has 0 saturated carbocycles. The minimum Gasteiger partial charge on any atom is -0.304 e. The monoisotopic (exact) mass is 215 g/mol. The van der Waals surface area contributed by atoms with E-state index in [0.29, 0.717) is 12.1 Å². The summed E-state index contributed by atoms with van der Waals surface area (Å²) in [5, 5.41) is 5.47. The maximum atomic E-state index is 5.85. The van der Waals surface area contributed by atoms with E-state index in [1.54, 1.807) is 11.3 Å². The Kier molecular flexibility index (Phi) is 3.97. The zero-order valence-corrected chi connectivity index (χ0v) is 9.45. The van der Waals surface area contributed by atoms with Gasteiger partial charge in [-0.05, 0) is 30.9 Å². The first-order chi connectivity index (χ1) is 6.13. The molecule has 0 saturated heterocycles. The van der Waals surface area contributed by atoms with E-state index < -0.39 is 0 Å². The van der Waals surface area contributed by atoms with E-state index in [2.05, 4.69) is 31.1 Å². The molecule has 2 unspecified atom stereocenters. The second-order valence-electron chi connectivity index (χ2n) is 3.10. The standard InChI is InChI=1S/C10H14ClNS/c1-4-7(2)12-8(3)9-5-10(11)13-6-9/h4-8,12H,1H2,2-3H3. The Morgan fingerprint density at radius 2 is 2.31 bits per heavy atom. The highest BCUT2D eigenvalue weighted by Crippen LogP contribution is 2.24. The van der Waals surface area contributed by atoms with E-state index in [-0.39, 0.29) is 0 Å². The van der Waals surface area contributed by atoms with Gasteiger partial charge in [-0.25, -0.2) is 0 Å². The Hall–Kier alpha value is -0.310. The van der Waals surface area contributed by atoms with Crippen molar-refractivity contribution in [3.8, 4) is 0 Å². The lowest BCUT2D eigenvalue weighted by Gasteiger charge is -2.15. The van der Waals surface area contributed by atoms with Gasteiger partial charge in [-0.15, -0.1) is 17.9 Å². The fourth-order valence-corrected chi connectivity index (χ4v) is 2.09. The Balaban J connectivity index is 2.57. The van der Waals surface area contributed by atoms with Crippen molar-refractivity contribution in [2.24, 2.45) is 0 Å². The van der Waals surface area contributed by atoms with E-state index in [1.165, 1.54) is 5.56 Å². The molecule has 0 aliphatic heterocycles. The maximum Gasteiger partial charge on any atom is 0.0931 e. The van der Waals surface area contributed by atoms with E-state index in [0.717, 1.165) is 4.34 Å². The third-order valence-corrected chi connectivity index (χ3v) is 3.06. The number of hydrogen-bond donors (Lipinski definition) is 1. The van der Waals surface area contributed by atoms with Crippen LogP contribution >= 0.6 is 22.9 Å². The highest BCUT2D eigenvalue weighted by molar-refractivity contribution is 7.14. The second kappa shape index (κ2) is 4.80. The fourth-order valence-electron chi connectivity index (χ4n) is 1.11. The molecule has 1 nitrogen and oxygen atoms in total. The summed E-state index contributed by atoms with van der Waals surface area (Å²) in [6.07, 6.45) is 1.89. The predicted octanol–water partition coefficient (Wildman–Crippen LogP) is 3.63. The lowest BCUT2D eigenvalue weighted by Crippen LogP contribution is -2.26. The van der Waals surface area contributed by atoms with Crippen molar-refractivity contribution in [1.29, 1.82) is 0 Å². The van der Waals surface area contributed by atoms with Gasteiger partial charge in [0.25, 0.3) is 0 Å². The quantitative estimate of drug-likeness (QED) is 0.757. The molecule has 0 bridgehead atoms. The van der Waals surface area contributed by atoms with Gasteiger partial charge in [-0.2, -0.15) is 0 Å². The Bertz CT molecular complexity index is 282. The summed E-state index contributed by atoms with van der Waals surface area (Å²) in [6.45, 7) is 7.93. The zero-order valence-electron chi connectivity index (χ0n) is 7.88. The van der Waals surface area contributed by atoms with Gasteiger partial charge >= 0.3 is 0 Å². The van der Waals surface area contributed by atoms with Crippen molar-refractivity contribution in [3.05, 3.63) is 34.0 Å². The third-order valence-electron chi connectivity index (χ3n) is 1.95. The summed E-state index contributed by atoms with van der Waals surface area (Å²) in [5.41, 5.74) is 1.24. The molecule has 0 aliphatic carbocycles.